The summed E-state index contributed by atoms with van der Waals surface area (Å²) >= 11 is 3.16. The number of carbonyl (C=O) groups excluding carboxylic acids is 1. The number of halogens is 1. The van der Waals surface area contributed by atoms with Crippen molar-refractivity contribution in [3.8, 4) is 0 Å². The van der Waals surface area contributed by atoms with E-state index in [1.807, 2.05) is 0 Å². The molecule has 0 atom stereocenters. The molecule has 1 saturated heterocycles. The highest BCUT2D eigenvalue weighted by molar-refractivity contribution is 9.09. The number of nitrogens with one attached hydrogen (secondary N) is 1. The Hall–Kier alpha value is -0.140. The molecule has 1 fully saturated rings. The molecule has 1 aliphatic heterocycles. The normalized spacial score (nSPS) is 20.6. The zero-order valence-corrected chi connectivity index (χ0v) is 11.5. The number of ether oxygens (including phenoxy) is 1. The van der Waals surface area contributed by atoms with Gasteiger partial charge in [0, 0.05) is 5.33 Å². The van der Waals surface area contributed by atoms with Crippen molar-refractivity contribution in [2.75, 3.05) is 43.1 Å². The van der Waals surface area contributed by atoms with Crippen molar-refractivity contribution in [1.82, 2.24) is 0 Å². The number of hydrogen-bond donors (Lipinski definition) is 1. The first kappa shape index (κ1) is 13.9. The first-order valence-electron chi connectivity index (χ1n) is 5.29. The summed E-state index contributed by atoms with van der Waals surface area (Å²) in [5.41, 5.74) is 0. The molecule has 0 aromatic rings. The van der Waals surface area contributed by atoms with Gasteiger partial charge in [0.05, 0.1) is 31.0 Å². The van der Waals surface area contributed by atoms with Crippen LogP contribution in [0, 0.1) is 0 Å². The topological polar surface area (TPSA) is 64.9 Å². The molecule has 7 heteroatoms. The molecule has 1 heterocycles. The molecular formula is C9H17BrNO4S+. The fraction of sp³-hybridized carbons (Fsp3) is 0.889. The fourth-order valence-electron chi connectivity index (χ4n) is 1.54. The second kappa shape index (κ2) is 6.56. The number of rotatable bonds is 5. The third kappa shape index (κ3) is 5.27. The number of hydrogen-bond acceptors (Lipinski definition) is 4. The van der Waals surface area contributed by atoms with Crippen molar-refractivity contribution in [3.63, 3.8) is 0 Å². The Balaban J connectivity index is 2.13. The Kier molecular flexibility index (Phi) is 5.71. The van der Waals surface area contributed by atoms with Crippen LogP contribution in [0.2, 0.25) is 0 Å². The van der Waals surface area contributed by atoms with Crippen molar-refractivity contribution < 1.29 is 22.8 Å². The van der Waals surface area contributed by atoms with E-state index in [0.717, 1.165) is 0 Å². The SMILES string of the molecule is O=C(CCBr)OCC[NH+]1CCS(=O)(=O)CC1. The second-order valence-corrected chi connectivity index (χ2v) is 6.91. The standard InChI is InChI=1S/C9H16BrNO4S/c10-2-1-9(12)15-6-3-11-4-7-16(13,14)8-5-11/h1-8H2/p+1. The van der Waals surface area contributed by atoms with Gasteiger partial charge in [-0.3, -0.25) is 4.79 Å². The predicted octanol–water partition coefficient (Wildman–Crippen LogP) is -1.37. The maximum atomic E-state index is 11.2. The minimum Gasteiger partial charge on any atom is -0.460 e. The van der Waals surface area contributed by atoms with Crippen LogP contribution < -0.4 is 4.90 Å². The molecule has 5 nitrogen and oxygen atoms in total. The smallest absolute Gasteiger partial charge is 0.306 e. The molecule has 0 amide bonds. The van der Waals surface area contributed by atoms with Crippen LogP contribution in [-0.4, -0.2) is 57.5 Å². The van der Waals surface area contributed by atoms with Gasteiger partial charge in [0.2, 0.25) is 0 Å². The van der Waals surface area contributed by atoms with Crippen molar-refractivity contribution in [1.29, 1.82) is 0 Å². The van der Waals surface area contributed by atoms with E-state index in [-0.39, 0.29) is 17.5 Å². The molecular weight excluding hydrogens is 298 g/mol. The Morgan fingerprint density at radius 3 is 2.50 bits per heavy atom. The summed E-state index contributed by atoms with van der Waals surface area (Å²) in [7, 11) is -2.80. The van der Waals surface area contributed by atoms with E-state index >= 15 is 0 Å². The zero-order valence-electron chi connectivity index (χ0n) is 9.08. The molecule has 0 unspecified atom stereocenters. The lowest BCUT2D eigenvalue weighted by Gasteiger charge is -2.23. The minimum absolute atomic E-state index is 0.207. The lowest BCUT2D eigenvalue weighted by atomic mass is 10.4. The molecule has 0 spiro atoms. The van der Waals surface area contributed by atoms with Crippen LogP contribution in [0.3, 0.4) is 0 Å². The third-order valence-corrected chi connectivity index (χ3v) is 4.60. The first-order valence-corrected chi connectivity index (χ1v) is 8.23. The summed E-state index contributed by atoms with van der Waals surface area (Å²) < 4.78 is 27.3. The van der Waals surface area contributed by atoms with Crippen molar-refractivity contribution >= 4 is 31.7 Å². The summed E-state index contributed by atoms with van der Waals surface area (Å²) in [6.07, 6.45) is 0.379. The number of alkyl halides is 1. The summed E-state index contributed by atoms with van der Waals surface area (Å²) in [6.45, 7) is 2.32. The zero-order chi connectivity index (χ0) is 12.0. The average Bonchev–Trinajstić information content (AvgIpc) is 2.21. The summed E-state index contributed by atoms with van der Waals surface area (Å²) in [5.74, 6) is 0.288. The molecule has 1 N–H and O–H groups in total. The highest BCUT2D eigenvalue weighted by Crippen LogP contribution is 1.91. The van der Waals surface area contributed by atoms with Crippen LogP contribution in [0.25, 0.3) is 0 Å². The van der Waals surface area contributed by atoms with Gasteiger partial charge in [-0.25, -0.2) is 8.42 Å². The minimum atomic E-state index is -2.80. The van der Waals surface area contributed by atoms with Crippen LogP contribution in [0.15, 0.2) is 0 Å². The summed E-state index contributed by atoms with van der Waals surface area (Å²) in [5, 5.41) is 0.612. The van der Waals surface area contributed by atoms with Gasteiger partial charge >= 0.3 is 5.97 Å². The Morgan fingerprint density at radius 1 is 1.31 bits per heavy atom. The van der Waals surface area contributed by atoms with Crippen molar-refractivity contribution in [2.24, 2.45) is 0 Å². The van der Waals surface area contributed by atoms with E-state index in [9.17, 15) is 13.2 Å². The highest BCUT2D eigenvalue weighted by Gasteiger charge is 2.24. The van der Waals surface area contributed by atoms with Crippen LogP contribution in [-0.2, 0) is 19.4 Å². The molecule has 1 rings (SSSR count). The number of quaternary nitrogens is 1. The van der Waals surface area contributed by atoms with Crippen molar-refractivity contribution in [2.45, 2.75) is 6.42 Å². The lowest BCUT2D eigenvalue weighted by Crippen LogP contribution is -3.14. The molecule has 0 radical (unpaired) electrons. The largest absolute Gasteiger partial charge is 0.460 e. The fourth-order valence-corrected chi connectivity index (χ4v) is 3.26. The molecule has 0 aliphatic carbocycles. The third-order valence-electron chi connectivity index (χ3n) is 2.55. The van der Waals surface area contributed by atoms with E-state index in [1.54, 1.807) is 0 Å². The summed E-state index contributed by atoms with van der Waals surface area (Å²) in [4.78, 5) is 12.2. The van der Waals surface area contributed by atoms with E-state index < -0.39 is 9.84 Å². The molecule has 0 saturated carbocycles. The number of esters is 1. The monoisotopic (exact) mass is 314 g/mol. The van der Waals surface area contributed by atoms with Crippen LogP contribution in [0.1, 0.15) is 6.42 Å². The predicted molar refractivity (Wildman–Crippen MR) is 63.6 cm³/mol. The second-order valence-electron chi connectivity index (χ2n) is 3.81. The number of sulfone groups is 1. The molecule has 16 heavy (non-hydrogen) atoms. The molecule has 0 aromatic heterocycles. The molecule has 94 valence electrons. The average molecular weight is 315 g/mol. The van der Waals surface area contributed by atoms with E-state index in [0.29, 0.717) is 38.0 Å². The van der Waals surface area contributed by atoms with E-state index in [4.69, 9.17) is 4.74 Å². The van der Waals surface area contributed by atoms with Gasteiger partial charge in [0.15, 0.2) is 9.84 Å². The van der Waals surface area contributed by atoms with E-state index in [1.165, 1.54) is 4.90 Å². The van der Waals surface area contributed by atoms with Gasteiger partial charge in [-0.05, 0) is 0 Å². The maximum absolute atomic E-state index is 11.2. The Labute approximate surface area is 104 Å². The van der Waals surface area contributed by atoms with Gasteiger partial charge in [0.1, 0.15) is 13.2 Å². The van der Waals surface area contributed by atoms with Gasteiger partial charge in [-0.2, -0.15) is 0 Å². The van der Waals surface area contributed by atoms with E-state index in [2.05, 4.69) is 15.9 Å². The lowest BCUT2D eigenvalue weighted by molar-refractivity contribution is -0.896. The summed E-state index contributed by atoms with van der Waals surface area (Å²) in [6, 6.07) is 0. The van der Waals surface area contributed by atoms with Gasteiger partial charge < -0.3 is 9.64 Å². The first-order chi connectivity index (χ1) is 7.53. The quantitative estimate of drug-likeness (QED) is 0.502. The molecule has 0 aromatic carbocycles. The molecule has 0 bridgehead atoms. The number of carbonyl (C=O) groups is 1. The van der Waals surface area contributed by atoms with Crippen LogP contribution in [0.5, 0.6) is 0 Å². The Bertz CT molecular complexity index is 316. The van der Waals surface area contributed by atoms with Crippen LogP contribution in [0.4, 0.5) is 0 Å². The van der Waals surface area contributed by atoms with Gasteiger partial charge in [-0.15, -0.1) is 0 Å². The Morgan fingerprint density at radius 2 is 1.94 bits per heavy atom. The maximum Gasteiger partial charge on any atom is 0.306 e. The van der Waals surface area contributed by atoms with Crippen molar-refractivity contribution in [3.05, 3.63) is 0 Å². The van der Waals surface area contributed by atoms with Crippen LogP contribution >= 0.6 is 15.9 Å². The molecule has 1 aliphatic rings. The van der Waals surface area contributed by atoms with Gasteiger partial charge in [-0.1, -0.05) is 15.9 Å². The highest BCUT2D eigenvalue weighted by atomic mass is 79.9. The van der Waals surface area contributed by atoms with Gasteiger partial charge in [0.25, 0.3) is 0 Å².